The molecule has 0 aliphatic heterocycles. The summed E-state index contributed by atoms with van der Waals surface area (Å²) in [6.07, 6.45) is 2.77. The third-order valence-corrected chi connectivity index (χ3v) is 5.07. The highest BCUT2D eigenvalue weighted by molar-refractivity contribution is 9.10. The quantitative estimate of drug-likeness (QED) is 0.640. The lowest BCUT2D eigenvalue weighted by Gasteiger charge is -2.08. The lowest BCUT2D eigenvalue weighted by Crippen LogP contribution is -2.34. The minimum Gasteiger partial charge on any atom is -0.422 e. The van der Waals surface area contributed by atoms with Crippen molar-refractivity contribution in [1.29, 1.82) is 0 Å². The molecule has 1 aliphatic carbocycles. The van der Waals surface area contributed by atoms with Crippen molar-refractivity contribution in [2.24, 2.45) is 0 Å². The maximum absolute atomic E-state index is 12.4. The van der Waals surface area contributed by atoms with Crippen molar-refractivity contribution < 1.29 is 9.21 Å². The normalized spacial score (nSPS) is 12.9. The summed E-state index contributed by atoms with van der Waals surface area (Å²) in [5.74, 6) is -0.542. The van der Waals surface area contributed by atoms with Crippen LogP contribution in [-0.2, 0) is 19.4 Å². The summed E-state index contributed by atoms with van der Waals surface area (Å²) in [6, 6.07) is 8.30. The number of halogens is 1. The van der Waals surface area contributed by atoms with Gasteiger partial charge in [-0.25, -0.2) is 9.48 Å². The molecule has 27 heavy (non-hydrogen) atoms. The molecule has 0 bridgehead atoms. The number of amides is 1. The Hall–Kier alpha value is -2.74. The summed E-state index contributed by atoms with van der Waals surface area (Å²) < 4.78 is 7.37. The van der Waals surface area contributed by atoms with Gasteiger partial charge < -0.3 is 9.73 Å². The fourth-order valence-corrected chi connectivity index (χ4v) is 3.60. The van der Waals surface area contributed by atoms with Crippen LogP contribution in [0.5, 0.6) is 0 Å². The van der Waals surface area contributed by atoms with Gasteiger partial charge in [-0.15, -0.1) is 0 Å². The van der Waals surface area contributed by atoms with Gasteiger partial charge in [0.15, 0.2) is 0 Å². The first kappa shape index (κ1) is 17.7. The number of nitrogens with zero attached hydrogens (tertiary/aromatic N) is 2. The predicted molar refractivity (Wildman–Crippen MR) is 103 cm³/mol. The van der Waals surface area contributed by atoms with Gasteiger partial charge in [0.1, 0.15) is 11.1 Å². The Morgan fingerprint density at radius 1 is 1.22 bits per heavy atom. The fourth-order valence-electron chi connectivity index (χ4n) is 3.22. The van der Waals surface area contributed by atoms with Crippen molar-refractivity contribution in [3.63, 3.8) is 0 Å². The van der Waals surface area contributed by atoms with Crippen LogP contribution in [-0.4, -0.2) is 22.2 Å². The minimum atomic E-state index is -0.699. The van der Waals surface area contributed by atoms with Crippen LogP contribution in [0.15, 0.2) is 48.8 Å². The average molecular weight is 430 g/mol. The molecule has 1 aromatic carbocycles. The number of carbonyl (C=O) groups is 1. The highest BCUT2D eigenvalue weighted by atomic mass is 79.9. The Labute approximate surface area is 162 Å². The van der Waals surface area contributed by atoms with Gasteiger partial charge in [0.2, 0.25) is 0 Å². The maximum Gasteiger partial charge on any atom is 0.349 e. The van der Waals surface area contributed by atoms with Crippen molar-refractivity contribution >= 4 is 32.8 Å². The van der Waals surface area contributed by atoms with Crippen LogP contribution in [0.4, 0.5) is 0 Å². The first-order valence-electron chi connectivity index (χ1n) is 8.63. The molecule has 8 heteroatoms. The summed E-state index contributed by atoms with van der Waals surface area (Å²) in [4.78, 5) is 36.5. The van der Waals surface area contributed by atoms with E-state index in [0.717, 1.165) is 35.0 Å². The largest absolute Gasteiger partial charge is 0.422 e. The van der Waals surface area contributed by atoms with Crippen LogP contribution in [0.2, 0.25) is 0 Å². The molecule has 0 spiro atoms. The second-order valence-corrected chi connectivity index (χ2v) is 7.33. The molecule has 0 unspecified atom stereocenters. The molecule has 0 radical (unpaired) electrons. The summed E-state index contributed by atoms with van der Waals surface area (Å²) in [5.41, 5.74) is 1.42. The second kappa shape index (κ2) is 7.11. The molecular weight excluding hydrogens is 414 g/mol. The molecule has 1 aliphatic rings. The predicted octanol–water partition coefficient (Wildman–Crippen LogP) is 2.03. The zero-order valence-electron chi connectivity index (χ0n) is 14.3. The average Bonchev–Trinajstić information content (AvgIpc) is 3.08. The first-order valence-corrected chi connectivity index (χ1v) is 9.42. The number of benzene rings is 1. The van der Waals surface area contributed by atoms with Crippen molar-refractivity contribution in [3.05, 3.63) is 72.4 Å². The first-order chi connectivity index (χ1) is 13.0. The number of aromatic nitrogens is 2. The lowest BCUT2D eigenvalue weighted by molar-refractivity contribution is 0.0948. The highest BCUT2D eigenvalue weighted by Crippen LogP contribution is 2.19. The monoisotopic (exact) mass is 429 g/mol. The van der Waals surface area contributed by atoms with Gasteiger partial charge in [-0.2, -0.15) is 5.10 Å². The molecule has 1 amide bonds. The Morgan fingerprint density at radius 3 is 2.93 bits per heavy atom. The van der Waals surface area contributed by atoms with Crippen LogP contribution in [0.3, 0.4) is 0 Å². The van der Waals surface area contributed by atoms with Gasteiger partial charge >= 0.3 is 5.63 Å². The standard InChI is InChI=1S/C19H16BrN3O4/c20-13-4-5-16-12(8-13)9-14(19(26)27-16)18(25)21-6-7-23-17(24)10-11-2-1-3-15(11)22-23/h4-5,8-10H,1-3,6-7H2,(H,21,25). The van der Waals surface area contributed by atoms with Crippen LogP contribution in [0, 0.1) is 0 Å². The van der Waals surface area contributed by atoms with Crippen molar-refractivity contribution in [3.8, 4) is 0 Å². The summed E-state index contributed by atoms with van der Waals surface area (Å²) in [6.45, 7) is 0.419. The molecule has 1 N–H and O–H groups in total. The van der Waals surface area contributed by atoms with Gasteiger partial charge in [0.05, 0.1) is 12.2 Å². The Bertz CT molecular complexity index is 1170. The third-order valence-electron chi connectivity index (χ3n) is 4.57. The molecule has 2 aromatic heterocycles. The molecule has 7 nitrogen and oxygen atoms in total. The lowest BCUT2D eigenvalue weighted by atomic mass is 10.2. The van der Waals surface area contributed by atoms with Crippen LogP contribution >= 0.6 is 15.9 Å². The van der Waals surface area contributed by atoms with E-state index < -0.39 is 11.5 Å². The van der Waals surface area contributed by atoms with Gasteiger partial charge in [0, 0.05) is 22.5 Å². The summed E-state index contributed by atoms with van der Waals surface area (Å²) in [5, 5.41) is 7.65. The van der Waals surface area contributed by atoms with E-state index in [1.165, 1.54) is 10.7 Å². The van der Waals surface area contributed by atoms with Crippen LogP contribution in [0.25, 0.3) is 11.0 Å². The van der Waals surface area contributed by atoms with Gasteiger partial charge in [-0.1, -0.05) is 15.9 Å². The molecule has 138 valence electrons. The third kappa shape index (κ3) is 3.57. The van der Waals surface area contributed by atoms with E-state index in [-0.39, 0.29) is 24.2 Å². The van der Waals surface area contributed by atoms with E-state index in [2.05, 4.69) is 26.3 Å². The van der Waals surface area contributed by atoms with E-state index in [4.69, 9.17) is 4.42 Å². The SMILES string of the molecule is O=C(NCCn1nc2c(cc1=O)CCC2)c1cc2cc(Br)ccc2oc1=O. The minimum absolute atomic E-state index is 0.0742. The molecule has 0 saturated heterocycles. The Balaban J connectivity index is 1.49. The van der Waals surface area contributed by atoms with E-state index >= 15 is 0 Å². The molecule has 0 atom stereocenters. The number of nitrogens with one attached hydrogen (secondary N) is 1. The number of fused-ring (bicyclic) bond motifs is 2. The number of rotatable bonds is 4. The summed E-state index contributed by atoms with van der Waals surface area (Å²) >= 11 is 3.35. The zero-order valence-corrected chi connectivity index (χ0v) is 15.9. The van der Waals surface area contributed by atoms with Gasteiger partial charge in [-0.05, 0) is 49.1 Å². The van der Waals surface area contributed by atoms with Gasteiger partial charge in [0.25, 0.3) is 11.5 Å². The zero-order chi connectivity index (χ0) is 19.0. The van der Waals surface area contributed by atoms with Crippen molar-refractivity contribution in [1.82, 2.24) is 15.1 Å². The summed E-state index contributed by atoms with van der Waals surface area (Å²) in [7, 11) is 0. The number of hydrogen-bond donors (Lipinski definition) is 1. The number of aryl methyl sites for hydroxylation is 2. The van der Waals surface area contributed by atoms with Gasteiger partial charge in [-0.3, -0.25) is 9.59 Å². The topological polar surface area (TPSA) is 94.2 Å². The van der Waals surface area contributed by atoms with E-state index in [0.29, 0.717) is 11.0 Å². The van der Waals surface area contributed by atoms with Crippen molar-refractivity contribution in [2.75, 3.05) is 6.54 Å². The maximum atomic E-state index is 12.4. The highest BCUT2D eigenvalue weighted by Gasteiger charge is 2.16. The van der Waals surface area contributed by atoms with Crippen LogP contribution < -0.4 is 16.5 Å². The van der Waals surface area contributed by atoms with E-state index in [1.54, 1.807) is 24.3 Å². The molecule has 0 saturated carbocycles. The Morgan fingerprint density at radius 2 is 2.07 bits per heavy atom. The molecule has 2 heterocycles. The van der Waals surface area contributed by atoms with Crippen LogP contribution in [0.1, 0.15) is 28.0 Å². The van der Waals surface area contributed by atoms with Crippen molar-refractivity contribution in [2.45, 2.75) is 25.8 Å². The fraction of sp³-hybridized carbons (Fsp3) is 0.263. The molecular formula is C19H16BrN3O4. The molecule has 4 rings (SSSR count). The smallest absolute Gasteiger partial charge is 0.349 e. The second-order valence-electron chi connectivity index (χ2n) is 6.42. The van der Waals surface area contributed by atoms with E-state index in [9.17, 15) is 14.4 Å². The number of carbonyl (C=O) groups excluding carboxylic acids is 1. The molecule has 0 fully saturated rings. The molecule has 3 aromatic rings. The number of hydrogen-bond acceptors (Lipinski definition) is 5. The van der Waals surface area contributed by atoms with E-state index in [1.807, 2.05) is 0 Å². The Kier molecular flexibility index (Phi) is 4.65.